The summed E-state index contributed by atoms with van der Waals surface area (Å²) in [4.78, 5) is 25.0. The van der Waals surface area contributed by atoms with Gasteiger partial charge in [0.15, 0.2) is 17.4 Å². The number of aryl methyl sites for hydroxylation is 1. The van der Waals surface area contributed by atoms with Crippen molar-refractivity contribution in [2.45, 2.75) is 45.6 Å². The van der Waals surface area contributed by atoms with Crippen LogP contribution in [0.1, 0.15) is 43.1 Å². The SMILES string of the molecule is CCc1cc(O)c(F)cc1-c1cc(F)c2c(-c3nc4c([nH]3)CN(C(=O)CN3CCCCC3)CC4)n[nH]c2c1. The molecule has 0 bridgehead atoms. The van der Waals surface area contributed by atoms with E-state index in [4.69, 9.17) is 4.98 Å². The van der Waals surface area contributed by atoms with Crippen molar-refractivity contribution in [3.8, 4) is 28.4 Å². The summed E-state index contributed by atoms with van der Waals surface area (Å²) < 4.78 is 29.6. The zero-order valence-corrected chi connectivity index (χ0v) is 21.3. The van der Waals surface area contributed by atoms with E-state index in [0.717, 1.165) is 37.3 Å². The van der Waals surface area contributed by atoms with Crippen LogP contribution in [0.15, 0.2) is 24.3 Å². The lowest BCUT2D eigenvalue weighted by atomic mass is 9.96. The summed E-state index contributed by atoms with van der Waals surface area (Å²) in [6.07, 6.45) is 4.68. The summed E-state index contributed by atoms with van der Waals surface area (Å²) in [5.74, 6) is -1.13. The number of benzene rings is 2. The Morgan fingerprint density at radius 3 is 2.68 bits per heavy atom. The van der Waals surface area contributed by atoms with Gasteiger partial charge in [0.05, 0.1) is 35.4 Å². The van der Waals surface area contributed by atoms with Crippen LogP contribution in [0.4, 0.5) is 8.78 Å². The van der Waals surface area contributed by atoms with Gasteiger partial charge < -0.3 is 15.0 Å². The van der Waals surface area contributed by atoms with Crippen molar-refractivity contribution in [1.29, 1.82) is 0 Å². The molecule has 4 heterocycles. The number of fused-ring (bicyclic) bond motifs is 2. The Kier molecular flexibility index (Phi) is 6.35. The summed E-state index contributed by atoms with van der Waals surface area (Å²) >= 11 is 0. The first-order chi connectivity index (χ1) is 18.4. The number of phenols is 1. The highest BCUT2D eigenvalue weighted by Gasteiger charge is 2.27. The number of phenolic OH excluding ortho intramolecular Hbond substituents is 1. The van der Waals surface area contributed by atoms with Crippen molar-refractivity contribution in [2.24, 2.45) is 0 Å². The maximum atomic E-state index is 15.5. The van der Waals surface area contributed by atoms with Gasteiger partial charge >= 0.3 is 0 Å². The smallest absolute Gasteiger partial charge is 0.237 e. The van der Waals surface area contributed by atoms with E-state index >= 15 is 4.39 Å². The number of nitrogens with one attached hydrogen (secondary N) is 2. The number of hydrogen-bond donors (Lipinski definition) is 3. The maximum absolute atomic E-state index is 15.5. The molecule has 1 amide bonds. The molecule has 6 rings (SSSR count). The van der Waals surface area contributed by atoms with Gasteiger partial charge in [0.2, 0.25) is 5.91 Å². The van der Waals surface area contributed by atoms with Crippen LogP contribution in [0, 0.1) is 11.6 Å². The molecular formula is C28H30F2N6O2. The predicted molar refractivity (Wildman–Crippen MR) is 139 cm³/mol. The fourth-order valence-electron chi connectivity index (χ4n) is 5.63. The number of aromatic nitrogens is 4. The monoisotopic (exact) mass is 520 g/mol. The lowest BCUT2D eigenvalue weighted by Crippen LogP contribution is -2.44. The van der Waals surface area contributed by atoms with E-state index in [1.165, 1.54) is 24.6 Å². The van der Waals surface area contributed by atoms with Crippen LogP contribution in [0.25, 0.3) is 33.5 Å². The molecular weight excluding hydrogens is 490 g/mol. The Morgan fingerprint density at radius 2 is 1.89 bits per heavy atom. The largest absolute Gasteiger partial charge is 0.505 e. The van der Waals surface area contributed by atoms with Crippen molar-refractivity contribution in [3.63, 3.8) is 0 Å². The molecule has 0 saturated carbocycles. The molecule has 2 aromatic heterocycles. The van der Waals surface area contributed by atoms with Crippen LogP contribution in [-0.2, 0) is 24.2 Å². The minimum atomic E-state index is -0.757. The molecule has 2 aliphatic rings. The molecule has 0 aliphatic carbocycles. The topological polar surface area (TPSA) is 101 Å². The Bertz CT molecular complexity index is 1520. The van der Waals surface area contributed by atoms with E-state index in [-0.39, 0.29) is 11.3 Å². The quantitative estimate of drug-likeness (QED) is 0.359. The van der Waals surface area contributed by atoms with Crippen molar-refractivity contribution in [1.82, 2.24) is 30.0 Å². The van der Waals surface area contributed by atoms with Gasteiger partial charge in [-0.1, -0.05) is 13.3 Å². The highest BCUT2D eigenvalue weighted by atomic mass is 19.1. The summed E-state index contributed by atoms with van der Waals surface area (Å²) in [5, 5.41) is 17.3. The summed E-state index contributed by atoms with van der Waals surface area (Å²) in [6, 6.07) is 5.68. The normalized spacial score (nSPS) is 16.2. The van der Waals surface area contributed by atoms with Gasteiger partial charge in [0.25, 0.3) is 0 Å². The molecule has 1 fully saturated rings. The number of rotatable bonds is 5. The highest BCUT2D eigenvalue weighted by Crippen LogP contribution is 2.35. The Labute approximate surface area is 218 Å². The van der Waals surface area contributed by atoms with Crippen LogP contribution >= 0.6 is 0 Å². The molecule has 3 N–H and O–H groups in total. The number of halogens is 2. The number of H-pyrrole nitrogens is 2. The fourth-order valence-corrected chi connectivity index (χ4v) is 5.63. The summed E-state index contributed by atoms with van der Waals surface area (Å²) in [7, 11) is 0. The number of carbonyl (C=O) groups excluding carboxylic acids is 1. The number of nitrogens with zero attached hydrogens (tertiary/aromatic N) is 4. The molecule has 10 heteroatoms. The number of amides is 1. The van der Waals surface area contributed by atoms with Gasteiger partial charge in [0.1, 0.15) is 11.5 Å². The number of aromatic hydroxyl groups is 1. The van der Waals surface area contributed by atoms with Gasteiger partial charge in [-0.25, -0.2) is 13.8 Å². The summed E-state index contributed by atoms with van der Waals surface area (Å²) in [5.41, 5.74) is 4.24. The molecule has 198 valence electrons. The Hall–Kier alpha value is -3.79. The van der Waals surface area contributed by atoms with Crippen LogP contribution in [0.5, 0.6) is 5.75 Å². The minimum absolute atomic E-state index is 0.120. The van der Waals surface area contributed by atoms with E-state index in [9.17, 15) is 14.3 Å². The third kappa shape index (κ3) is 4.42. The first-order valence-corrected chi connectivity index (χ1v) is 13.2. The zero-order chi connectivity index (χ0) is 26.4. The van der Waals surface area contributed by atoms with Crippen molar-refractivity contribution in [3.05, 3.63) is 52.9 Å². The molecule has 38 heavy (non-hydrogen) atoms. The second-order valence-corrected chi connectivity index (χ2v) is 10.2. The number of piperidine rings is 1. The first kappa shape index (κ1) is 24.5. The highest BCUT2D eigenvalue weighted by molar-refractivity contribution is 5.94. The lowest BCUT2D eigenvalue weighted by Gasteiger charge is -2.31. The average Bonchev–Trinajstić information content (AvgIpc) is 3.54. The van der Waals surface area contributed by atoms with Gasteiger partial charge in [0, 0.05) is 13.0 Å². The van der Waals surface area contributed by atoms with Gasteiger partial charge in [-0.2, -0.15) is 5.10 Å². The van der Waals surface area contributed by atoms with E-state index < -0.39 is 17.4 Å². The fraction of sp³-hybridized carbons (Fsp3) is 0.393. The standard InChI is InChI=1S/C28H30F2N6O2/c1-2-16-12-24(37)19(29)13-18(16)17-10-20(30)26-22(11-17)33-34-27(26)28-31-21-6-9-36(14-23(21)32-28)25(38)15-35-7-4-3-5-8-35/h10-13,37H,2-9,14-15H2,1H3,(H,31,32)(H,33,34). The third-order valence-electron chi connectivity index (χ3n) is 7.70. The number of aromatic amines is 2. The van der Waals surface area contributed by atoms with Gasteiger partial charge in [-0.15, -0.1) is 0 Å². The Balaban J connectivity index is 1.27. The average molecular weight is 521 g/mol. The summed E-state index contributed by atoms with van der Waals surface area (Å²) in [6.45, 7) is 5.32. The molecule has 0 atom stereocenters. The lowest BCUT2D eigenvalue weighted by molar-refractivity contribution is -0.133. The van der Waals surface area contributed by atoms with E-state index in [1.54, 1.807) is 6.07 Å². The van der Waals surface area contributed by atoms with Crippen LogP contribution in [0.2, 0.25) is 0 Å². The van der Waals surface area contributed by atoms with Crippen molar-refractivity contribution < 1.29 is 18.7 Å². The van der Waals surface area contributed by atoms with E-state index in [2.05, 4.69) is 20.1 Å². The van der Waals surface area contributed by atoms with Crippen LogP contribution < -0.4 is 0 Å². The first-order valence-electron chi connectivity index (χ1n) is 13.2. The molecule has 8 nitrogen and oxygen atoms in total. The third-order valence-corrected chi connectivity index (χ3v) is 7.70. The zero-order valence-electron chi connectivity index (χ0n) is 21.3. The number of carbonyl (C=O) groups is 1. The second-order valence-electron chi connectivity index (χ2n) is 10.2. The Morgan fingerprint density at radius 1 is 1.08 bits per heavy atom. The molecule has 2 aromatic carbocycles. The van der Waals surface area contributed by atoms with Crippen LogP contribution in [-0.4, -0.2) is 67.2 Å². The van der Waals surface area contributed by atoms with Crippen molar-refractivity contribution >= 4 is 16.8 Å². The number of imidazole rings is 1. The van der Waals surface area contributed by atoms with E-state index in [1.807, 2.05) is 11.8 Å². The van der Waals surface area contributed by atoms with Gasteiger partial charge in [-0.3, -0.25) is 14.8 Å². The van der Waals surface area contributed by atoms with Crippen molar-refractivity contribution in [2.75, 3.05) is 26.2 Å². The van der Waals surface area contributed by atoms with Crippen LogP contribution in [0.3, 0.4) is 0 Å². The van der Waals surface area contributed by atoms with E-state index in [0.29, 0.717) is 66.2 Å². The maximum Gasteiger partial charge on any atom is 0.237 e. The molecule has 4 aromatic rings. The number of likely N-dealkylation sites (tertiary alicyclic amines) is 1. The molecule has 0 radical (unpaired) electrons. The predicted octanol–water partition coefficient (Wildman–Crippen LogP) is 4.54. The number of hydrogen-bond acceptors (Lipinski definition) is 5. The second kappa shape index (κ2) is 9.83. The molecule has 2 aliphatic heterocycles. The molecule has 1 saturated heterocycles. The molecule has 0 spiro atoms. The van der Waals surface area contributed by atoms with Gasteiger partial charge in [-0.05, 0) is 73.3 Å². The minimum Gasteiger partial charge on any atom is -0.505 e. The molecule has 0 unspecified atom stereocenters.